The highest BCUT2D eigenvalue weighted by molar-refractivity contribution is 5.86. The Labute approximate surface area is 82.6 Å². The van der Waals surface area contributed by atoms with Gasteiger partial charge in [0, 0.05) is 30.6 Å². The van der Waals surface area contributed by atoms with Crippen LogP contribution in [0.2, 0.25) is 0 Å². The van der Waals surface area contributed by atoms with Crippen molar-refractivity contribution in [3.63, 3.8) is 0 Å². The minimum atomic E-state index is -0.367. The Morgan fingerprint density at radius 1 is 1.57 bits per heavy atom. The van der Waals surface area contributed by atoms with Crippen LogP contribution in [-0.4, -0.2) is 22.5 Å². The van der Waals surface area contributed by atoms with Crippen LogP contribution in [0, 0.1) is 0 Å². The molecule has 14 heavy (non-hydrogen) atoms. The molecular weight excluding hydrogens is 180 g/mol. The van der Waals surface area contributed by atoms with E-state index in [1.54, 1.807) is 25.5 Å². The van der Waals surface area contributed by atoms with E-state index in [0.717, 1.165) is 5.69 Å². The Bertz CT molecular complexity index is 322. The quantitative estimate of drug-likeness (QED) is 0.530. The summed E-state index contributed by atoms with van der Waals surface area (Å²) in [6, 6.07) is 0. The average Bonchev–Trinajstić information content (AvgIpc) is 2.19. The van der Waals surface area contributed by atoms with Gasteiger partial charge in [-0.05, 0) is 6.92 Å². The van der Waals surface area contributed by atoms with E-state index in [2.05, 4.69) is 16.5 Å². The number of rotatable bonds is 4. The van der Waals surface area contributed by atoms with Gasteiger partial charge in [-0.3, -0.25) is 9.97 Å². The molecule has 0 amide bonds. The second kappa shape index (κ2) is 5.11. The number of carbonyl (C=O) groups excluding carboxylic acids is 1. The predicted octanol–water partition coefficient (Wildman–Crippen LogP) is 1.14. The first-order chi connectivity index (χ1) is 6.70. The summed E-state index contributed by atoms with van der Waals surface area (Å²) in [6.07, 6.45) is 5.43. The molecule has 74 valence electrons. The zero-order valence-corrected chi connectivity index (χ0v) is 8.06. The van der Waals surface area contributed by atoms with Crippen LogP contribution in [-0.2, 0) is 16.0 Å². The zero-order chi connectivity index (χ0) is 10.4. The molecule has 0 unspecified atom stereocenters. The molecule has 0 aliphatic rings. The van der Waals surface area contributed by atoms with Gasteiger partial charge in [-0.1, -0.05) is 6.58 Å². The molecule has 1 heterocycles. The van der Waals surface area contributed by atoms with Crippen molar-refractivity contribution in [2.75, 3.05) is 6.61 Å². The highest BCUT2D eigenvalue weighted by Gasteiger charge is 2.02. The van der Waals surface area contributed by atoms with Gasteiger partial charge in [-0.15, -0.1) is 0 Å². The molecule has 0 aliphatic heterocycles. The Morgan fingerprint density at radius 2 is 2.36 bits per heavy atom. The Kier molecular flexibility index (Phi) is 3.79. The largest absolute Gasteiger partial charge is 0.462 e. The van der Waals surface area contributed by atoms with Crippen molar-refractivity contribution >= 4 is 5.97 Å². The van der Waals surface area contributed by atoms with Crippen LogP contribution in [0.3, 0.4) is 0 Å². The number of carbonyl (C=O) groups is 1. The van der Waals surface area contributed by atoms with Gasteiger partial charge < -0.3 is 4.74 Å². The lowest BCUT2D eigenvalue weighted by molar-refractivity contribution is -0.138. The van der Waals surface area contributed by atoms with Gasteiger partial charge in [-0.25, -0.2) is 4.79 Å². The van der Waals surface area contributed by atoms with Crippen molar-refractivity contribution in [3.8, 4) is 0 Å². The summed E-state index contributed by atoms with van der Waals surface area (Å²) in [7, 11) is 0. The van der Waals surface area contributed by atoms with E-state index < -0.39 is 0 Å². The standard InChI is InChI=1S/C10H12N2O2/c1-8(2)10(13)14-6-3-9-7-11-4-5-12-9/h4-5,7H,1,3,6H2,2H3. The SMILES string of the molecule is C=C(C)C(=O)OCCc1cnccn1. The molecule has 4 nitrogen and oxygen atoms in total. The number of ether oxygens (including phenoxy) is 1. The smallest absolute Gasteiger partial charge is 0.333 e. The van der Waals surface area contributed by atoms with Crippen LogP contribution in [0.1, 0.15) is 12.6 Å². The van der Waals surface area contributed by atoms with E-state index in [1.807, 2.05) is 0 Å². The summed E-state index contributed by atoms with van der Waals surface area (Å²) in [4.78, 5) is 18.9. The van der Waals surface area contributed by atoms with Gasteiger partial charge in [0.1, 0.15) is 0 Å². The fourth-order valence-corrected chi connectivity index (χ4v) is 0.831. The van der Waals surface area contributed by atoms with Crippen LogP contribution < -0.4 is 0 Å². The zero-order valence-electron chi connectivity index (χ0n) is 8.06. The maximum atomic E-state index is 11.0. The van der Waals surface area contributed by atoms with Crippen LogP contribution >= 0.6 is 0 Å². The number of nitrogens with zero attached hydrogens (tertiary/aromatic N) is 2. The van der Waals surface area contributed by atoms with Crippen molar-refractivity contribution < 1.29 is 9.53 Å². The van der Waals surface area contributed by atoms with Crippen LogP contribution in [0.25, 0.3) is 0 Å². The van der Waals surface area contributed by atoms with E-state index in [4.69, 9.17) is 4.74 Å². The molecule has 4 heteroatoms. The number of esters is 1. The number of hydrogen-bond donors (Lipinski definition) is 0. The summed E-state index contributed by atoms with van der Waals surface area (Å²) in [5, 5.41) is 0. The molecule has 0 spiro atoms. The highest BCUT2D eigenvalue weighted by Crippen LogP contribution is 1.96. The fourth-order valence-electron chi connectivity index (χ4n) is 0.831. The van der Waals surface area contributed by atoms with Gasteiger partial charge in [0.05, 0.1) is 12.3 Å². The molecule has 0 radical (unpaired) electrons. The third-order valence-corrected chi connectivity index (χ3v) is 1.56. The van der Waals surface area contributed by atoms with Crippen molar-refractivity contribution in [1.29, 1.82) is 0 Å². The monoisotopic (exact) mass is 192 g/mol. The first kappa shape index (κ1) is 10.4. The molecule has 0 aliphatic carbocycles. The maximum Gasteiger partial charge on any atom is 0.333 e. The third kappa shape index (κ3) is 3.35. The Morgan fingerprint density at radius 3 is 2.93 bits per heavy atom. The van der Waals surface area contributed by atoms with Crippen molar-refractivity contribution in [2.45, 2.75) is 13.3 Å². The Hall–Kier alpha value is -1.71. The van der Waals surface area contributed by atoms with Crippen molar-refractivity contribution in [3.05, 3.63) is 36.4 Å². The number of aromatic nitrogens is 2. The summed E-state index contributed by atoms with van der Waals surface area (Å²) in [5.74, 6) is -0.367. The van der Waals surface area contributed by atoms with E-state index >= 15 is 0 Å². The van der Waals surface area contributed by atoms with Crippen LogP contribution in [0.4, 0.5) is 0 Å². The first-order valence-corrected chi connectivity index (χ1v) is 4.27. The van der Waals surface area contributed by atoms with Gasteiger partial charge in [0.2, 0.25) is 0 Å². The lowest BCUT2D eigenvalue weighted by Crippen LogP contribution is -2.08. The van der Waals surface area contributed by atoms with E-state index in [0.29, 0.717) is 18.6 Å². The van der Waals surface area contributed by atoms with E-state index in [9.17, 15) is 4.79 Å². The molecule has 0 bridgehead atoms. The normalized spacial score (nSPS) is 9.50. The predicted molar refractivity (Wildman–Crippen MR) is 51.5 cm³/mol. The van der Waals surface area contributed by atoms with Gasteiger partial charge in [0.25, 0.3) is 0 Å². The highest BCUT2D eigenvalue weighted by atomic mass is 16.5. The van der Waals surface area contributed by atoms with E-state index in [1.165, 1.54) is 0 Å². The Balaban J connectivity index is 2.29. The molecule has 0 N–H and O–H groups in total. The molecule has 0 fully saturated rings. The fraction of sp³-hybridized carbons (Fsp3) is 0.300. The lowest BCUT2D eigenvalue weighted by atomic mass is 10.3. The minimum absolute atomic E-state index is 0.310. The van der Waals surface area contributed by atoms with Crippen LogP contribution in [0.15, 0.2) is 30.7 Å². The van der Waals surface area contributed by atoms with E-state index in [-0.39, 0.29) is 5.97 Å². The second-order valence-corrected chi connectivity index (χ2v) is 2.86. The molecular formula is C10H12N2O2. The molecule has 0 aromatic carbocycles. The maximum absolute atomic E-state index is 11.0. The molecule has 1 aromatic rings. The molecule has 0 saturated carbocycles. The lowest BCUT2D eigenvalue weighted by Gasteiger charge is -2.02. The topological polar surface area (TPSA) is 52.1 Å². The molecule has 0 saturated heterocycles. The average molecular weight is 192 g/mol. The molecule has 0 atom stereocenters. The van der Waals surface area contributed by atoms with Gasteiger partial charge in [0.15, 0.2) is 0 Å². The first-order valence-electron chi connectivity index (χ1n) is 4.27. The third-order valence-electron chi connectivity index (χ3n) is 1.56. The number of hydrogen-bond acceptors (Lipinski definition) is 4. The van der Waals surface area contributed by atoms with Crippen molar-refractivity contribution in [2.24, 2.45) is 0 Å². The minimum Gasteiger partial charge on any atom is -0.462 e. The second-order valence-electron chi connectivity index (χ2n) is 2.86. The van der Waals surface area contributed by atoms with Gasteiger partial charge >= 0.3 is 5.97 Å². The van der Waals surface area contributed by atoms with Crippen LogP contribution in [0.5, 0.6) is 0 Å². The summed E-state index contributed by atoms with van der Waals surface area (Å²) in [5.41, 5.74) is 1.21. The summed E-state index contributed by atoms with van der Waals surface area (Å²) in [6.45, 7) is 5.40. The summed E-state index contributed by atoms with van der Waals surface area (Å²) < 4.78 is 4.90. The molecule has 1 rings (SSSR count). The summed E-state index contributed by atoms with van der Waals surface area (Å²) >= 11 is 0. The van der Waals surface area contributed by atoms with Gasteiger partial charge in [-0.2, -0.15) is 0 Å². The molecule has 1 aromatic heterocycles. The van der Waals surface area contributed by atoms with Crippen molar-refractivity contribution in [1.82, 2.24) is 9.97 Å².